The second kappa shape index (κ2) is 9.32. The summed E-state index contributed by atoms with van der Waals surface area (Å²) in [7, 11) is 1.59. The number of thioether (sulfide) groups is 1. The third-order valence-corrected chi connectivity index (χ3v) is 5.62. The molecule has 0 bridgehead atoms. The molecular formula is C23H17N4O4S+. The first-order valence-electron chi connectivity index (χ1n) is 9.51. The third-order valence-electron chi connectivity index (χ3n) is 4.63. The number of aromatic nitrogens is 3. The predicted molar refractivity (Wildman–Crippen MR) is 117 cm³/mol. The number of pyridine rings is 1. The van der Waals surface area contributed by atoms with Crippen LogP contribution in [0.5, 0.6) is 5.75 Å². The second-order valence-electron chi connectivity index (χ2n) is 6.60. The summed E-state index contributed by atoms with van der Waals surface area (Å²) in [6.45, 7) is 0. The van der Waals surface area contributed by atoms with Gasteiger partial charge in [-0.2, -0.15) is 5.26 Å². The Bertz CT molecular complexity index is 1360. The molecule has 0 radical (unpaired) electrons. The van der Waals surface area contributed by atoms with Crippen LogP contribution in [0.15, 0.2) is 81.1 Å². The van der Waals surface area contributed by atoms with Crippen LogP contribution in [0.4, 0.5) is 0 Å². The van der Waals surface area contributed by atoms with Crippen LogP contribution in [-0.4, -0.2) is 28.9 Å². The van der Waals surface area contributed by atoms with Gasteiger partial charge in [0.1, 0.15) is 16.8 Å². The van der Waals surface area contributed by atoms with Crippen molar-refractivity contribution in [3.8, 4) is 28.8 Å². The smallest absolute Gasteiger partial charge is 0.438 e. The molecule has 4 rings (SSSR count). The number of ether oxygens (including phenoxy) is 1. The topological polar surface area (TPSA) is 113 Å². The molecule has 2 aromatic heterocycles. The molecule has 0 spiro atoms. The fraction of sp³-hybridized carbons (Fsp3) is 0.0870. The molecule has 0 saturated heterocycles. The summed E-state index contributed by atoms with van der Waals surface area (Å²) in [5.74, 6) is 0.178. The van der Waals surface area contributed by atoms with Crippen LogP contribution in [-0.2, 0) is 0 Å². The number of Topliss-reactive ketones (excluding diaryl/α,β-unsaturated/α-hetero) is 1. The number of nitrogens with zero attached hydrogens (tertiary/aromatic N) is 3. The zero-order valence-electron chi connectivity index (χ0n) is 16.9. The second-order valence-corrected chi connectivity index (χ2v) is 7.57. The Morgan fingerprint density at radius 3 is 2.59 bits per heavy atom. The largest absolute Gasteiger partial charge is 0.497 e. The number of aromatic amines is 1. The third kappa shape index (κ3) is 4.31. The summed E-state index contributed by atoms with van der Waals surface area (Å²) in [4.78, 5) is 29.6. The molecule has 2 aromatic carbocycles. The zero-order valence-corrected chi connectivity index (χ0v) is 17.8. The minimum atomic E-state index is -0.764. The van der Waals surface area contributed by atoms with Crippen molar-refractivity contribution in [3.05, 3.63) is 88.4 Å². The van der Waals surface area contributed by atoms with Crippen LogP contribution < -0.4 is 15.0 Å². The first-order chi connectivity index (χ1) is 15.6. The Hall–Kier alpha value is -4.16. The van der Waals surface area contributed by atoms with Gasteiger partial charge in [-0.15, -0.1) is 0 Å². The molecule has 4 aromatic rings. The number of H-pyrrole nitrogens is 1. The van der Waals surface area contributed by atoms with E-state index in [-0.39, 0.29) is 11.4 Å². The van der Waals surface area contributed by atoms with Crippen molar-refractivity contribution in [1.29, 1.82) is 5.26 Å². The molecule has 2 heterocycles. The molecule has 158 valence electrons. The summed E-state index contributed by atoms with van der Waals surface area (Å²) in [5.41, 5.74) is 1.54. The lowest BCUT2D eigenvalue weighted by Crippen LogP contribution is -2.41. The molecule has 0 unspecified atom stereocenters. The molecule has 0 aliphatic carbocycles. The minimum Gasteiger partial charge on any atom is -0.497 e. The van der Waals surface area contributed by atoms with Gasteiger partial charge in [0.15, 0.2) is 0 Å². The molecule has 0 atom stereocenters. The van der Waals surface area contributed by atoms with Gasteiger partial charge < -0.3 is 4.74 Å². The summed E-state index contributed by atoms with van der Waals surface area (Å²) >= 11 is 1.09. The van der Waals surface area contributed by atoms with E-state index in [2.05, 4.69) is 16.3 Å². The van der Waals surface area contributed by atoms with Crippen molar-refractivity contribution < 1.29 is 18.7 Å². The number of hydrogen-bond acceptors (Lipinski definition) is 7. The highest BCUT2D eigenvalue weighted by molar-refractivity contribution is 8.00. The quantitative estimate of drug-likeness (QED) is 0.264. The van der Waals surface area contributed by atoms with Gasteiger partial charge in [-0.05, 0) is 46.4 Å². The molecular weight excluding hydrogens is 428 g/mol. The number of benzene rings is 2. The number of methoxy groups -OCH3 is 1. The van der Waals surface area contributed by atoms with Crippen LogP contribution in [0.3, 0.4) is 0 Å². The Labute approximate surface area is 187 Å². The monoisotopic (exact) mass is 445 g/mol. The van der Waals surface area contributed by atoms with Crippen LogP contribution in [0, 0.1) is 11.3 Å². The Morgan fingerprint density at radius 1 is 1.16 bits per heavy atom. The first-order valence-corrected chi connectivity index (χ1v) is 10.5. The van der Waals surface area contributed by atoms with E-state index in [0.717, 1.165) is 23.1 Å². The van der Waals surface area contributed by atoms with Crippen molar-refractivity contribution in [2.75, 3.05) is 12.9 Å². The van der Waals surface area contributed by atoms with Crippen LogP contribution in [0.2, 0.25) is 0 Å². The number of nitrogens with one attached hydrogen (secondary N) is 1. The van der Waals surface area contributed by atoms with Crippen molar-refractivity contribution in [1.82, 2.24) is 10.3 Å². The van der Waals surface area contributed by atoms with E-state index in [1.54, 1.807) is 43.5 Å². The van der Waals surface area contributed by atoms with E-state index < -0.39 is 11.4 Å². The molecule has 0 aliphatic heterocycles. The first kappa shape index (κ1) is 21.1. The standard InChI is InChI=1S/C23H16N4O4S/c1-30-18-10-7-15(8-11-18)19-12-9-16(13-24)22(25-19)32-14-20(28)21-23(29)31-26-27(21)17-5-3-2-4-6-17/h2-12H,14H2,1H3/p+1. The van der Waals surface area contributed by atoms with E-state index in [1.807, 2.05) is 30.3 Å². The lowest BCUT2D eigenvalue weighted by Gasteiger charge is -2.07. The Balaban J connectivity index is 1.59. The predicted octanol–water partition coefficient (Wildman–Crippen LogP) is 3.16. The van der Waals surface area contributed by atoms with Gasteiger partial charge in [0, 0.05) is 17.7 Å². The molecule has 0 aliphatic rings. The normalized spacial score (nSPS) is 10.5. The van der Waals surface area contributed by atoms with Gasteiger partial charge in [0.05, 0.1) is 24.1 Å². The maximum absolute atomic E-state index is 12.9. The Morgan fingerprint density at radius 2 is 1.91 bits per heavy atom. The van der Waals surface area contributed by atoms with E-state index in [0.29, 0.717) is 22.0 Å². The maximum Gasteiger partial charge on any atom is 0.438 e. The molecule has 8 nitrogen and oxygen atoms in total. The summed E-state index contributed by atoms with van der Waals surface area (Å²) in [6, 6.07) is 21.7. The number of nitriles is 1. The van der Waals surface area contributed by atoms with Crippen molar-refractivity contribution >= 4 is 17.5 Å². The van der Waals surface area contributed by atoms with Gasteiger partial charge in [-0.3, -0.25) is 9.32 Å². The van der Waals surface area contributed by atoms with Gasteiger partial charge in [-0.1, -0.05) is 30.0 Å². The average Bonchev–Trinajstić information content (AvgIpc) is 3.24. The average molecular weight is 445 g/mol. The summed E-state index contributed by atoms with van der Waals surface area (Å²) < 4.78 is 11.3. The van der Waals surface area contributed by atoms with Crippen LogP contribution in [0.25, 0.3) is 16.9 Å². The van der Waals surface area contributed by atoms with Gasteiger partial charge >= 0.3 is 11.3 Å². The summed E-state index contributed by atoms with van der Waals surface area (Å²) in [6.07, 6.45) is 0. The fourth-order valence-corrected chi connectivity index (χ4v) is 3.87. The van der Waals surface area contributed by atoms with E-state index >= 15 is 0 Å². The molecule has 9 heteroatoms. The van der Waals surface area contributed by atoms with Crippen molar-refractivity contribution in [2.24, 2.45) is 0 Å². The fourth-order valence-electron chi connectivity index (χ4n) is 3.03. The highest BCUT2D eigenvalue weighted by Crippen LogP contribution is 2.26. The number of para-hydroxylation sites is 1. The van der Waals surface area contributed by atoms with E-state index in [4.69, 9.17) is 9.26 Å². The number of carbonyl (C=O) groups is 1. The molecule has 1 N–H and O–H groups in total. The van der Waals surface area contributed by atoms with E-state index in [1.165, 1.54) is 4.68 Å². The maximum atomic E-state index is 12.9. The highest BCUT2D eigenvalue weighted by Gasteiger charge is 2.30. The number of rotatable bonds is 7. The van der Waals surface area contributed by atoms with Gasteiger partial charge in [-0.25, -0.2) is 9.78 Å². The number of hydrogen-bond donors (Lipinski definition) is 1. The highest BCUT2D eigenvalue weighted by atomic mass is 32.2. The van der Waals surface area contributed by atoms with Crippen molar-refractivity contribution in [2.45, 2.75) is 5.03 Å². The minimum absolute atomic E-state index is 0.0941. The van der Waals surface area contributed by atoms with Crippen LogP contribution >= 0.6 is 11.8 Å². The van der Waals surface area contributed by atoms with E-state index in [9.17, 15) is 14.9 Å². The number of ketones is 1. The van der Waals surface area contributed by atoms with Gasteiger partial charge in [0.2, 0.25) is 11.5 Å². The molecule has 0 amide bonds. The number of carbonyl (C=O) groups excluding carboxylic acids is 1. The molecule has 0 fully saturated rings. The van der Waals surface area contributed by atoms with Gasteiger partial charge in [0.25, 0.3) is 0 Å². The van der Waals surface area contributed by atoms with Crippen molar-refractivity contribution in [3.63, 3.8) is 0 Å². The SMILES string of the molecule is COc1ccc(-c2ccc(C#N)c(SCC(=O)c3c(=O)o[nH][n+]3-c3ccccc3)n2)cc1. The Kier molecular flexibility index (Phi) is 6.14. The zero-order chi connectivity index (χ0) is 22.5. The molecule has 0 saturated carbocycles. The molecule has 32 heavy (non-hydrogen) atoms. The summed E-state index contributed by atoms with van der Waals surface area (Å²) in [5, 5.41) is 12.3. The van der Waals surface area contributed by atoms with Crippen LogP contribution in [0.1, 0.15) is 16.1 Å². The lowest BCUT2D eigenvalue weighted by molar-refractivity contribution is -0.672. The lowest BCUT2D eigenvalue weighted by atomic mass is 10.1.